The average Bonchev–Trinajstić information content (AvgIpc) is 3.09. The second kappa shape index (κ2) is 6.17. The maximum Gasteiger partial charge on any atom is 0.293 e. The highest BCUT2D eigenvalue weighted by Crippen LogP contribution is 2.35. The van der Waals surface area contributed by atoms with Crippen molar-refractivity contribution in [3.63, 3.8) is 0 Å². The van der Waals surface area contributed by atoms with Gasteiger partial charge in [-0.2, -0.15) is 0 Å². The van der Waals surface area contributed by atoms with Crippen LogP contribution in [0.4, 0.5) is 11.4 Å². The second-order valence-corrected chi connectivity index (χ2v) is 5.83. The van der Waals surface area contributed by atoms with Crippen LogP contribution in [0.15, 0.2) is 30.7 Å². The first-order chi connectivity index (χ1) is 10.7. The molecule has 6 heteroatoms. The number of hydrogen-bond donors (Lipinski definition) is 1. The van der Waals surface area contributed by atoms with E-state index in [-0.39, 0.29) is 10.6 Å². The van der Waals surface area contributed by atoms with Crippen LogP contribution in [-0.2, 0) is 0 Å². The Balaban J connectivity index is 1.94. The van der Waals surface area contributed by atoms with Crippen molar-refractivity contribution in [2.45, 2.75) is 38.1 Å². The number of nitro groups is 1. The fourth-order valence-electron chi connectivity index (χ4n) is 3.21. The minimum Gasteiger partial charge on any atom is -0.366 e. The lowest BCUT2D eigenvalue weighted by atomic mass is 9.94. The number of aromatic nitrogens is 2. The van der Waals surface area contributed by atoms with Gasteiger partial charge in [0.15, 0.2) is 0 Å². The molecule has 0 spiro atoms. The molecule has 1 saturated carbocycles. The van der Waals surface area contributed by atoms with E-state index in [1.165, 1.54) is 19.3 Å². The van der Waals surface area contributed by atoms with Crippen LogP contribution in [0.2, 0.25) is 0 Å². The first-order valence-electron chi connectivity index (χ1n) is 7.67. The Bertz CT molecular complexity index is 648. The molecule has 1 heterocycles. The normalized spacial score (nSPS) is 15.7. The van der Waals surface area contributed by atoms with Gasteiger partial charge in [-0.3, -0.25) is 10.1 Å². The lowest BCUT2D eigenvalue weighted by molar-refractivity contribution is -0.384. The number of anilines is 1. The number of imidazole rings is 1. The maximum atomic E-state index is 11.5. The maximum absolute atomic E-state index is 11.5. The van der Waals surface area contributed by atoms with E-state index in [9.17, 15) is 10.1 Å². The van der Waals surface area contributed by atoms with E-state index in [2.05, 4.69) is 14.9 Å². The monoisotopic (exact) mass is 300 g/mol. The number of benzene rings is 1. The highest BCUT2D eigenvalue weighted by atomic mass is 16.6. The molecule has 0 amide bonds. The van der Waals surface area contributed by atoms with Gasteiger partial charge in [0.25, 0.3) is 5.69 Å². The van der Waals surface area contributed by atoms with Gasteiger partial charge in [0, 0.05) is 24.7 Å². The van der Waals surface area contributed by atoms with Gasteiger partial charge < -0.3 is 9.88 Å². The third kappa shape index (κ3) is 2.81. The van der Waals surface area contributed by atoms with E-state index in [0.717, 1.165) is 24.1 Å². The molecule has 116 valence electrons. The van der Waals surface area contributed by atoms with Crippen LogP contribution < -0.4 is 4.90 Å². The molecule has 0 saturated heterocycles. The van der Waals surface area contributed by atoms with Crippen molar-refractivity contribution < 1.29 is 4.92 Å². The summed E-state index contributed by atoms with van der Waals surface area (Å²) in [7, 11) is 1.97. The van der Waals surface area contributed by atoms with Crippen molar-refractivity contribution in [3.05, 3.63) is 40.8 Å². The van der Waals surface area contributed by atoms with Gasteiger partial charge in [0.05, 0.1) is 23.1 Å². The van der Waals surface area contributed by atoms with Gasteiger partial charge in [-0.25, -0.2) is 4.98 Å². The topological polar surface area (TPSA) is 75.1 Å². The van der Waals surface area contributed by atoms with Crippen molar-refractivity contribution in [3.8, 4) is 11.3 Å². The third-order valence-corrected chi connectivity index (χ3v) is 4.48. The summed E-state index contributed by atoms with van der Waals surface area (Å²) in [5.41, 5.74) is 2.42. The number of H-pyrrole nitrogens is 1. The number of aromatic amines is 1. The molecule has 1 N–H and O–H groups in total. The number of hydrogen-bond acceptors (Lipinski definition) is 4. The minimum absolute atomic E-state index is 0.153. The second-order valence-electron chi connectivity index (χ2n) is 5.83. The zero-order chi connectivity index (χ0) is 15.5. The molecule has 6 nitrogen and oxygen atoms in total. The molecular weight excluding hydrogens is 280 g/mol. The Morgan fingerprint density at radius 3 is 2.73 bits per heavy atom. The first kappa shape index (κ1) is 14.6. The lowest BCUT2D eigenvalue weighted by Gasteiger charge is -2.32. The molecule has 0 radical (unpaired) electrons. The molecule has 0 aliphatic heterocycles. The van der Waals surface area contributed by atoms with Gasteiger partial charge in [-0.1, -0.05) is 25.3 Å². The number of nitrogens with one attached hydrogen (secondary N) is 1. The highest BCUT2D eigenvalue weighted by Gasteiger charge is 2.25. The Kier molecular flexibility index (Phi) is 4.09. The zero-order valence-electron chi connectivity index (χ0n) is 12.7. The van der Waals surface area contributed by atoms with E-state index in [4.69, 9.17) is 0 Å². The quantitative estimate of drug-likeness (QED) is 0.689. The number of nitrogens with zero attached hydrogens (tertiary/aromatic N) is 3. The van der Waals surface area contributed by atoms with Crippen LogP contribution in [0.3, 0.4) is 0 Å². The average molecular weight is 300 g/mol. The Morgan fingerprint density at radius 1 is 1.32 bits per heavy atom. The Labute approximate surface area is 129 Å². The molecular formula is C16H20N4O2. The number of rotatable bonds is 4. The van der Waals surface area contributed by atoms with Crippen LogP contribution in [-0.4, -0.2) is 28.0 Å². The summed E-state index contributed by atoms with van der Waals surface area (Å²) in [5.74, 6) is 0. The van der Waals surface area contributed by atoms with Crippen molar-refractivity contribution in [2.75, 3.05) is 11.9 Å². The van der Waals surface area contributed by atoms with Gasteiger partial charge in [-0.15, -0.1) is 0 Å². The zero-order valence-corrected chi connectivity index (χ0v) is 12.7. The third-order valence-electron chi connectivity index (χ3n) is 4.48. The Hall–Kier alpha value is -2.37. The largest absolute Gasteiger partial charge is 0.366 e. The summed E-state index contributed by atoms with van der Waals surface area (Å²) in [6.07, 6.45) is 9.13. The fourth-order valence-corrected chi connectivity index (χ4v) is 3.21. The highest BCUT2D eigenvalue weighted by molar-refractivity contribution is 5.72. The van der Waals surface area contributed by atoms with Crippen molar-refractivity contribution in [1.29, 1.82) is 0 Å². The molecule has 1 aromatic carbocycles. The van der Waals surface area contributed by atoms with Crippen molar-refractivity contribution in [1.82, 2.24) is 9.97 Å². The molecule has 0 bridgehead atoms. The Morgan fingerprint density at radius 2 is 2.09 bits per heavy atom. The smallest absolute Gasteiger partial charge is 0.293 e. The number of nitro benzene ring substituents is 1. The molecule has 1 fully saturated rings. The van der Waals surface area contributed by atoms with E-state index >= 15 is 0 Å². The molecule has 3 rings (SSSR count). The SMILES string of the molecule is CN(c1ccc(-c2cnc[nH]2)cc1[N+](=O)[O-])C1CCCCC1. The lowest BCUT2D eigenvalue weighted by Crippen LogP contribution is -2.33. The van der Waals surface area contributed by atoms with E-state index in [0.29, 0.717) is 11.7 Å². The van der Waals surface area contributed by atoms with Gasteiger partial charge in [-0.05, 0) is 18.9 Å². The molecule has 0 unspecified atom stereocenters. The van der Waals surface area contributed by atoms with Crippen LogP contribution in [0.25, 0.3) is 11.3 Å². The van der Waals surface area contributed by atoms with Crippen molar-refractivity contribution in [2.24, 2.45) is 0 Å². The van der Waals surface area contributed by atoms with Crippen LogP contribution in [0.5, 0.6) is 0 Å². The van der Waals surface area contributed by atoms with E-state index in [1.54, 1.807) is 18.6 Å². The fraction of sp³-hybridized carbons (Fsp3) is 0.438. The van der Waals surface area contributed by atoms with Gasteiger partial charge in [0.1, 0.15) is 5.69 Å². The summed E-state index contributed by atoms with van der Waals surface area (Å²) in [5, 5.41) is 11.5. The molecule has 0 atom stereocenters. The first-order valence-corrected chi connectivity index (χ1v) is 7.67. The van der Waals surface area contributed by atoms with Crippen LogP contribution >= 0.6 is 0 Å². The summed E-state index contributed by atoms with van der Waals surface area (Å²) >= 11 is 0. The predicted octanol–water partition coefficient (Wildman–Crippen LogP) is 3.75. The molecule has 22 heavy (non-hydrogen) atoms. The van der Waals surface area contributed by atoms with Gasteiger partial charge in [0.2, 0.25) is 0 Å². The molecule has 1 aromatic heterocycles. The standard InChI is InChI=1S/C16H20N4O2/c1-19(13-5-3-2-4-6-13)15-8-7-12(9-16(15)20(21)22)14-10-17-11-18-14/h7-11,13H,2-6H2,1H3,(H,17,18). The predicted molar refractivity (Wildman–Crippen MR) is 86.0 cm³/mol. The van der Waals surface area contributed by atoms with Crippen LogP contribution in [0, 0.1) is 10.1 Å². The minimum atomic E-state index is -0.297. The summed E-state index contributed by atoms with van der Waals surface area (Å²) in [6.45, 7) is 0. The van der Waals surface area contributed by atoms with E-state index in [1.807, 2.05) is 19.2 Å². The van der Waals surface area contributed by atoms with Crippen molar-refractivity contribution >= 4 is 11.4 Å². The van der Waals surface area contributed by atoms with E-state index < -0.39 is 0 Å². The summed E-state index contributed by atoms with van der Waals surface area (Å²) in [6, 6.07) is 5.78. The van der Waals surface area contributed by atoms with Gasteiger partial charge >= 0.3 is 0 Å². The summed E-state index contributed by atoms with van der Waals surface area (Å²) in [4.78, 5) is 20.2. The molecule has 2 aromatic rings. The summed E-state index contributed by atoms with van der Waals surface area (Å²) < 4.78 is 0. The van der Waals surface area contributed by atoms with Crippen LogP contribution in [0.1, 0.15) is 32.1 Å². The molecule has 1 aliphatic carbocycles. The molecule has 1 aliphatic rings.